The smallest absolute Gasteiger partial charge is 0.320 e. The number of hydrogen-bond acceptors (Lipinski definition) is 3. The molecular formula is C11H15NO3. The van der Waals surface area contributed by atoms with Gasteiger partial charge in [-0.1, -0.05) is 30.3 Å². The lowest BCUT2D eigenvalue weighted by Crippen LogP contribution is -2.38. The number of hydrogen-bond donors (Lipinski definition) is 3. The molecule has 0 bridgehead atoms. The standard InChI is InChI=1S/C11H15NO3/c1-8(11(14)15)12-10(7-13)9-5-3-2-4-6-9/h2-6,8,10,12-13H,7H2,1H3,(H,14,15)/t8?,10-/m1/s1. The van der Waals surface area contributed by atoms with Crippen molar-refractivity contribution in [3.63, 3.8) is 0 Å². The Kier molecular flexibility index (Phi) is 4.27. The quantitative estimate of drug-likeness (QED) is 0.670. The van der Waals surface area contributed by atoms with E-state index >= 15 is 0 Å². The third kappa shape index (κ3) is 3.34. The van der Waals surface area contributed by atoms with Crippen LogP contribution in [0.4, 0.5) is 0 Å². The van der Waals surface area contributed by atoms with E-state index in [2.05, 4.69) is 5.32 Å². The number of nitrogens with one attached hydrogen (secondary N) is 1. The van der Waals surface area contributed by atoms with Crippen LogP contribution in [0.1, 0.15) is 18.5 Å². The summed E-state index contributed by atoms with van der Waals surface area (Å²) in [7, 11) is 0. The highest BCUT2D eigenvalue weighted by Crippen LogP contribution is 2.12. The molecule has 0 aliphatic rings. The van der Waals surface area contributed by atoms with Gasteiger partial charge in [-0.2, -0.15) is 0 Å². The number of rotatable bonds is 5. The third-order valence-corrected chi connectivity index (χ3v) is 2.21. The van der Waals surface area contributed by atoms with Gasteiger partial charge >= 0.3 is 5.97 Å². The number of aliphatic hydroxyl groups is 1. The summed E-state index contributed by atoms with van der Waals surface area (Å²) in [5.74, 6) is -0.926. The molecule has 0 aromatic heterocycles. The fraction of sp³-hybridized carbons (Fsp3) is 0.364. The Morgan fingerprint density at radius 1 is 1.40 bits per heavy atom. The minimum Gasteiger partial charge on any atom is -0.480 e. The number of carbonyl (C=O) groups is 1. The van der Waals surface area contributed by atoms with Crippen molar-refractivity contribution in [3.8, 4) is 0 Å². The van der Waals surface area contributed by atoms with Gasteiger partial charge in [-0.15, -0.1) is 0 Å². The van der Waals surface area contributed by atoms with Gasteiger partial charge in [0.25, 0.3) is 0 Å². The highest BCUT2D eigenvalue weighted by molar-refractivity contribution is 5.72. The number of aliphatic carboxylic acids is 1. The van der Waals surface area contributed by atoms with Gasteiger partial charge in [0.15, 0.2) is 0 Å². The molecule has 0 saturated heterocycles. The van der Waals surface area contributed by atoms with Gasteiger partial charge in [-0.3, -0.25) is 10.1 Å². The van der Waals surface area contributed by atoms with E-state index in [1.165, 1.54) is 0 Å². The van der Waals surface area contributed by atoms with Gasteiger partial charge < -0.3 is 10.2 Å². The Morgan fingerprint density at radius 3 is 2.47 bits per heavy atom. The Hall–Kier alpha value is -1.39. The van der Waals surface area contributed by atoms with Gasteiger partial charge in [0.2, 0.25) is 0 Å². The molecule has 0 fully saturated rings. The molecule has 1 unspecified atom stereocenters. The predicted octanol–water partition coefficient (Wildman–Crippen LogP) is 0.783. The topological polar surface area (TPSA) is 69.6 Å². The van der Waals surface area contributed by atoms with E-state index in [9.17, 15) is 4.79 Å². The first-order valence-corrected chi connectivity index (χ1v) is 4.79. The molecule has 0 saturated carbocycles. The zero-order valence-corrected chi connectivity index (χ0v) is 8.55. The van der Waals surface area contributed by atoms with Crippen LogP contribution in [0.5, 0.6) is 0 Å². The van der Waals surface area contributed by atoms with Crippen molar-refractivity contribution in [3.05, 3.63) is 35.9 Å². The molecule has 82 valence electrons. The number of carboxylic acids is 1. The maximum Gasteiger partial charge on any atom is 0.320 e. The molecule has 3 N–H and O–H groups in total. The normalized spacial score (nSPS) is 14.5. The molecule has 0 aliphatic heterocycles. The minimum atomic E-state index is -0.926. The summed E-state index contributed by atoms with van der Waals surface area (Å²) in [6, 6.07) is 8.26. The van der Waals surface area contributed by atoms with Crippen LogP contribution in [0.3, 0.4) is 0 Å². The number of benzene rings is 1. The highest BCUT2D eigenvalue weighted by Gasteiger charge is 2.17. The van der Waals surface area contributed by atoms with E-state index in [-0.39, 0.29) is 12.6 Å². The van der Waals surface area contributed by atoms with E-state index in [0.717, 1.165) is 5.56 Å². The van der Waals surface area contributed by atoms with E-state index in [4.69, 9.17) is 10.2 Å². The summed E-state index contributed by atoms with van der Waals surface area (Å²) in [6.45, 7) is 1.43. The van der Waals surface area contributed by atoms with Gasteiger partial charge in [-0.05, 0) is 12.5 Å². The van der Waals surface area contributed by atoms with Crippen molar-refractivity contribution in [2.45, 2.75) is 19.0 Å². The Balaban J connectivity index is 2.69. The third-order valence-electron chi connectivity index (χ3n) is 2.21. The second-order valence-electron chi connectivity index (χ2n) is 3.37. The first-order chi connectivity index (χ1) is 7.15. The van der Waals surface area contributed by atoms with Gasteiger partial charge in [0.1, 0.15) is 6.04 Å². The maximum atomic E-state index is 10.6. The summed E-state index contributed by atoms with van der Waals surface area (Å²) >= 11 is 0. The molecule has 0 heterocycles. The maximum absolute atomic E-state index is 10.6. The lowest BCUT2D eigenvalue weighted by Gasteiger charge is -2.19. The predicted molar refractivity (Wildman–Crippen MR) is 56.5 cm³/mol. The lowest BCUT2D eigenvalue weighted by atomic mass is 10.1. The molecule has 0 radical (unpaired) electrons. The molecule has 0 spiro atoms. The summed E-state index contributed by atoms with van der Waals surface area (Å²) in [4.78, 5) is 10.6. The summed E-state index contributed by atoms with van der Waals surface area (Å²) in [6.07, 6.45) is 0. The van der Waals surface area contributed by atoms with Crippen LogP contribution in [0.25, 0.3) is 0 Å². The molecule has 4 heteroatoms. The summed E-state index contributed by atoms with van der Waals surface area (Å²) in [5, 5.41) is 20.7. The second kappa shape index (κ2) is 5.48. The Labute approximate surface area is 88.6 Å². The largest absolute Gasteiger partial charge is 0.480 e. The average Bonchev–Trinajstić information content (AvgIpc) is 2.26. The summed E-state index contributed by atoms with van der Waals surface area (Å²) < 4.78 is 0. The molecule has 1 rings (SSSR count). The van der Waals surface area contributed by atoms with E-state index in [1.807, 2.05) is 30.3 Å². The Morgan fingerprint density at radius 2 is 2.00 bits per heavy atom. The van der Waals surface area contributed by atoms with Crippen molar-refractivity contribution in [1.29, 1.82) is 0 Å². The van der Waals surface area contributed by atoms with Crippen LogP contribution in [0.15, 0.2) is 30.3 Å². The molecule has 1 aromatic rings. The van der Waals surface area contributed by atoms with Crippen LogP contribution < -0.4 is 5.32 Å². The first kappa shape index (κ1) is 11.7. The van der Waals surface area contributed by atoms with Crippen LogP contribution in [-0.2, 0) is 4.79 Å². The molecular weight excluding hydrogens is 194 g/mol. The summed E-state index contributed by atoms with van der Waals surface area (Å²) in [5.41, 5.74) is 0.883. The molecule has 1 aromatic carbocycles. The van der Waals surface area contributed by atoms with Crippen LogP contribution >= 0.6 is 0 Å². The van der Waals surface area contributed by atoms with Crippen molar-refractivity contribution < 1.29 is 15.0 Å². The van der Waals surface area contributed by atoms with Crippen molar-refractivity contribution in [1.82, 2.24) is 5.32 Å². The van der Waals surface area contributed by atoms with E-state index in [1.54, 1.807) is 6.92 Å². The SMILES string of the molecule is CC(N[C@H](CO)c1ccccc1)C(=O)O. The molecule has 0 aliphatic carbocycles. The van der Waals surface area contributed by atoms with Crippen molar-refractivity contribution in [2.75, 3.05) is 6.61 Å². The van der Waals surface area contributed by atoms with Crippen molar-refractivity contribution in [2.24, 2.45) is 0 Å². The highest BCUT2D eigenvalue weighted by atomic mass is 16.4. The number of aliphatic hydroxyl groups excluding tert-OH is 1. The number of carboxylic acid groups (broad SMARTS) is 1. The van der Waals surface area contributed by atoms with Gasteiger partial charge in [-0.25, -0.2) is 0 Å². The molecule has 15 heavy (non-hydrogen) atoms. The van der Waals surface area contributed by atoms with Crippen molar-refractivity contribution >= 4 is 5.97 Å². The fourth-order valence-electron chi connectivity index (χ4n) is 1.31. The van der Waals surface area contributed by atoms with E-state index in [0.29, 0.717) is 0 Å². The van der Waals surface area contributed by atoms with Gasteiger partial charge in [0.05, 0.1) is 12.6 Å². The average molecular weight is 209 g/mol. The first-order valence-electron chi connectivity index (χ1n) is 4.79. The van der Waals surface area contributed by atoms with Gasteiger partial charge in [0, 0.05) is 0 Å². The monoisotopic (exact) mass is 209 g/mol. The molecule has 0 amide bonds. The minimum absolute atomic E-state index is 0.123. The zero-order valence-electron chi connectivity index (χ0n) is 8.55. The lowest BCUT2D eigenvalue weighted by molar-refractivity contribution is -0.139. The van der Waals surface area contributed by atoms with Crippen LogP contribution in [-0.4, -0.2) is 28.8 Å². The molecule has 4 nitrogen and oxygen atoms in total. The van der Waals surface area contributed by atoms with Crippen LogP contribution in [0.2, 0.25) is 0 Å². The molecule has 2 atom stereocenters. The van der Waals surface area contributed by atoms with E-state index < -0.39 is 12.0 Å². The second-order valence-corrected chi connectivity index (χ2v) is 3.37. The van der Waals surface area contributed by atoms with Crippen LogP contribution in [0, 0.1) is 0 Å². The fourth-order valence-corrected chi connectivity index (χ4v) is 1.31. The zero-order chi connectivity index (χ0) is 11.3. The Bertz CT molecular complexity index is 313.